The van der Waals surface area contributed by atoms with Gasteiger partial charge in [0.15, 0.2) is 0 Å². The molecule has 4 rings (SSSR count). The SMILES string of the molecule is C/C(=C\N=C\c1cccc(CN2C/C2=N\C=C\c2cccc(C#N)c2)c1)OC1CCNCC1. The maximum absolute atomic E-state index is 8.99. The molecule has 6 nitrogen and oxygen atoms in total. The number of hydrogen-bond donors (Lipinski definition) is 1. The molecule has 2 aliphatic heterocycles. The number of nitrogens with one attached hydrogen (secondary N) is 1. The van der Waals surface area contributed by atoms with Crippen LogP contribution >= 0.6 is 0 Å². The van der Waals surface area contributed by atoms with Gasteiger partial charge in [0.05, 0.1) is 24.4 Å². The summed E-state index contributed by atoms with van der Waals surface area (Å²) in [6.07, 6.45) is 9.77. The monoisotopic (exact) mass is 439 g/mol. The van der Waals surface area contributed by atoms with Crippen molar-refractivity contribution >= 4 is 18.1 Å². The number of hydrogen-bond acceptors (Lipinski definition) is 5. The molecule has 0 aromatic heterocycles. The number of rotatable bonds is 8. The van der Waals surface area contributed by atoms with Gasteiger partial charge in [-0.1, -0.05) is 30.3 Å². The van der Waals surface area contributed by atoms with Gasteiger partial charge in [-0.3, -0.25) is 4.99 Å². The van der Waals surface area contributed by atoms with Crippen molar-refractivity contribution in [3.8, 4) is 6.07 Å². The van der Waals surface area contributed by atoms with Gasteiger partial charge in [0.25, 0.3) is 0 Å². The third kappa shape index (κ3) is 7.16. The number of ether oxygens (including phenoxy) is 1. The molecule has 0 atom stereocenters. The van der Waals surface area contributed by atoms with Crippen LogP contribution in [0.1, 0.15) is 42.0 Å². The zero-order valence-electron chi connectivity index (χ0n) is 18.9. The van der Waals surface area contributed by atoms with Gasteiger partial charge in [-0.25, -0.2) is 4.99 Å². The maximum Gasteiger partial charge on any atom is 0.124 e. The standard InChI is InChI=1S/C27H29N5O/c1-21(33-26-9-11-29-12-10-26)17-30-18-24-6-3-7-25(15-24)19-32-20-27(32)31-13-8-22-4-2-5-23(14-22)16-28/h2-8,13-15,17-18,26,29H,9-12,19-20H2,1H3/b13-8+,21-17+,30-18+,31-27+. The molecule has 0 bridgehead atoms. The van der Waals surface area contributed by atoms with Gasteiger partial charge < -0.3 is 15.0 Å². The summed E-state index contributed by atoms with van der Waals surface area (Å²) in [5, 5.41) is 12.3. The van der Waals surface area contributed by atoms with E-state index in [1.807, 2.05) is 37.4 Å². The number of aliphatic imine (C=N–C) groups is 2. The first kappa shape index (κ1) is 22.5. The minimum Gasteiger partial charge on any atom is -0.493 e. The topological polar surface area (TPSA) is 72.8 Å². The lowest BCUT2D eigenvalue weighted by Crippen LogP contribution is -2.32. The van der Waals surface area contributed by atoms with E-state index in [1.165, 1.54) is 5.56 Å². The van der Waals surface area contributed by atoms with Gasteiger partial charge in [-0.15, -0.1) is 0 Å². The van der Waals surface area contributed by atoms with E-state index < -0.39 is 0 Å². The molecule has 2 aliphatic rings. The summed E-state index contributed by atoms with van der Waals surface area (Å²) in [5.41, 5.74) is 3.92. The van der Waals surface area contributed by atoms with Crippen LogP contribution in [-0.4, -0.2) is 42.7 Å². The number of piperidine rings is 1. The van der Waals surface area contributed by atoms with E-state index in [0.29, 0.717) is 11.7 Å². The number of benzene rings is 2. The Bertz CT molecular complexity index is 1120. The molecular weight excluding hydrogens is 410 g/mol. The van der Waals surface area contributed by atoms with Crippen molar-refractivity contribution in [1.82, 2.24) is 10.2 Å². The van der Waals surface area contributed by atoms with Gasteiger partial charge in [-0.2, -0.15) is 5.26 Å². The molecule has 6 heteroatoms. The van der Waals surface area contributed by atoms with Crippen LogP contribution in [0, 0.1) is 11.3 Å². The summed E-state index contributed by atoms with van der Waals surface area (Å²) in [6.45, 7) is 5.70. The number of nitrogens with zero attached hydrogens (tertiary/aromatic N) is 4. The second kappa shape index (κ2) is 11.3. The summed E-state index contributed by atoms with van der Waals surface area (Å²) < 4.78 is 5.97. The molecule has 0 saturated carbocycles. The fourth-order valence-corrected chi connectivity index (χ4v) is 3.75. The van der Waals surface area contributed by atoms with Crippen LogP contribution in [-0.2, 0) is 11.3 Å². The first-order valence-corrected chi connectivity index (χ1v) is 11.3. The van der Waals surface area contributed by atoms with Crippen LogP contribution in [0.15, 0.2) is 76.7 Å². The van der Waals surface area contributed by atoms with E-state index in [1.54, 1.807) is 18.5 Å². The highest BCUT2D eigenvalue weighted by molar-refractivity contribution is 5.98. The van der Waals surface area contributed by atoms with Crippen molar-refractivity contribution in [1.29, 1.82) is 5.26 Å². The van der Waals surface area contributed by atoms with Crippen LogP contribution in [0.2, 0.25) is 0 Å². The molecule has 2 aromatic carbocycles. The van der Waals surface area contributed by atoms with Crippen molar-refractivity contribution in [2.24, 2.45) is 9.98 Å². The number of nitriles is 1. The van der Waals surface area contributed by atoms with E-state index in [9.17, 15) is 0 Å². The lowest BCUT2D eigenvalue weighted by Gasteiger charge is -2.23. The Balaban J connectivity index is 1.27. The molecule has 0 spiro atoms. The smallest absolute Gasteiger partial charge is 0.124 e. The normalized spacial score (nSPS) is 18.2. The molecule has 2 heterocycles. The predicted molar refractivity (Wildman–Crippen MR) is 133 cm³/mol. The Kier molecular flexibility index (Phi) is 7.68. The molecule has 2 fully saturated rings. The van der Waals surface area contributed by atoms with Crippen molar-refractivity contribution in [3.63, 3.8) is 0 Å². The van der Waals surface area contributed by atoms with Crippen LogP contribution < -0.4 is 5.32 Å². The van der Waals surface area contributed by atoms with Crippen molar-refractivity contribution in [2.45, 2.75) is 32.4 Å². The molecule has 33 heavy (non-hydrogen) atoms. The van der Waals surface area contributed by atoms with Crippen LogP contribution in [0.4, 0.5) is 0 Å². The molecule has 0 unspecified atom stereocenters. The molecule has 0 radical (unpaired) electrons. The summed E-state index contributed by atoms with van der Waals surface area (Å²) in [4.78, 5) is 11.2. The second-order valence-electron chi connectivity index (χ2n) is 8.28. The molecular formula is C27H29N5O. The predicted octanol–water partition coefficient (Wildman–Crippen LogP) is 4.49. The third-order valence-corrected chi connectivity index (χ3v) is 5.54. The average molecular weight is 440 g/mol. The summed E-state index contributed by atoms with van der Waals surface area (Å²) in [6, 6.07) is 18.0. The van der Waals surface area contributed by atoms with Crippen molar-refractivity contribution in [2.75, 3.05) is 19.6 Å². The van der Waals surface area contributed by atoms with E-state index in [2.05, 4.69) is 50.5 Å². The zero-order chi connectivity index (χ0) is 22.9. The molecule has 2 saturated heterocycles. The summed E-state index contributed by atoms with van der Waals surface area (Å²) >= 11 is 0. The van der Waals surface area contributed by atoms with E-state index in [-0.39, 0.29) is 0 Å². The van der Waals surface area contributed by atoms with Gasteiger partial charge in [0.2, 0.25) is 0 Å². The van der Waals surface area contributed by atoms with Gasteiger partial charge in [0, 0.05) is 19.0 Å². The molecule has 0 aliphatic carbocycles. The van der Waals surface area contributed by atoms with Crippen molar-refractivity contribution in [3.05, 3.63) is 88.9 Å². The first-order chi connectivity index (χ1) is 16.2. The quantitative estimate of drug-likeness (QED) is 0.374. The van der Waals surface area contributed by atoms with E-state index >= 15 is 0 Å². The zero-order valence-corrected chi connectivity index (χ0v) is 18.9. The highest BCUT2D eigenvalue weighted by Crippen LogP contribution is 2.17. The molecule has 2 aromatic rings. The second-order valence-corrected chi connectivity index (χ2v) is 8.28. The highest BCUT2D eigenvalue weighted by atomic mass is 16.5. The Morgan fingerprint density at radius 2 is 2.00 bits per heavy atom. The average Bonchev–Trinajstić information content (AvgIpc) is 3.57. The lowest BCUT2D eigenvalue weighted by atomic mass is 10.1. The lowest BCUT2D eigenvalue weighted by molar-refractivity contribution is 0.0890. The Hall–Kier alpha value is -3.69. The first-order valence-electron chi connectivity index (χ1n) is 11.3. The van der Waals surface area contributed by atoms with E-state index in [0.717, 1.165) is 61.7 Å². The van der Waals surface area contributed by atoms with Crippen molar-refractivity contribution < 1.29 is 4.74 Å². The van der Waals surface area contributed by atoms with E-state index in [4.69, 9.17) is 10.00 Å². The Morgan fingerprint density at radius 3 is 2.85 bits per heavy atom. The Morgan fingerprint density at radius 1 is 1.18 bits per heavy atom. The minimum absolute atomic E-state index is 0.294. The number of allylic oxidation sites excluding steroid dienone is 1. The minimum atomic E-state index is 0.294. The molecule has 0 amide bonds. The van der Waals surface area contributed by atoms with Crippen LogP contribution in [0.5, 0.6) is 0 Å². The van der Waals surface area contributed by atoms with Gasteiger partial charge >= 0.3 is 0 Å². The fourth-order valence-electron chi connectivity index (χ4n) is 3.75. The number of amidine groups is 1. The maximum atomic E-state index is 8.99. The van der Waals surface area contributed by atoms with Crippen LogP contribution in [0.3, 0.4) is 0 Å². The third-order valence-electron chi connectivity index (χ3n) is 5.54. The van der Waals surface area contributed by atoms with Crippen LogP contribution in [0.25, 0.3) is 6.08 Å². The Labute approximate surface area is 195 Å². The molecule has 1 N–H and O–H groups in total. The summed E-state index contributed by atoms with van der Waals surface area (Å²) in [7, 11) is 0. The summed E-state index contributed by atoms with van der Waals surface area (Å²) in [5.74, 6) is 1.92. The highest BCUT2D eigenvalue weighted by Gasteiger charge is 2.26. The molecule has 168 valence electrons. The van der Waals surface area contributed by atoms with Gasteiger partial charge in [0.1, 0.15) is 17.7 Å². The largest absolute Gasteiger partial charge is 0.493 e. The van der Waals surface area contributed by atoms with Gasteiger partial charge in [-0.05, 0) is 73.8 Å². The fraction of sp³-hybridized carbons (Fsp3) is 0.296.